The van der Waals surface area contributed by atoms with Gasteiger partial charge in [0.15, 0.2) is 5.13 Å². The van der Waals surface area contributed by atoms with Gasteiger partial charge >= 0.3 is 0 Å². The van der Waals surface area contributed by atoms with Gasteiger partial charge in [-0.1, -0.05) is 46.7 Å². The van der Waals surface area contributed by atoms with Crippen molar-refractivity contribution < 1.29 is 5.11 Å². The summed E-state index contributed by atoms with van der Waals surface area (Å²) in [6.07, 6.45) is 0. The van der Waals surface area contributed by atoms with Gasteiger partial charge in [-0.05, 0) is 35.4 Å². The summed E-state index contributed by atoms with van der Waals surface area (Å²) in [4.78, 5) is 9.47. The summed E-state index contributed by atoms with van der Waals surface area (Å²) in [5.41, 5.74) is 2.97. The van der Waals surface area contributed by atoms with Gasteiger partial charge in [0.05, 0.1) is 16.8 Å². The minimum Gasteiger partial charge on any atom is -0.392 e. The lowest BCUT2D eigenvalue weighted by Crippen LogP contribution is -2.46. The molecular weight excluding hydrogens is 389 g/mol. The fourth-order valence-corrected chi connectivity index (χ4v) is 4.68. The van der Waals surface area contributed by atoms with Crippen molar-refractivity contribution in [3.63, 3.8) is 0 Å². The molecule has 2 aromatic carbocycles. The van der Waals surface area contributed by atoms with E-state index in [2.05, 4.69) is 9.80 Å². The lowest BCUT2D eigenvalue weighted by molar-refractivity contribution is 0.249. The number of aliphatic hydroxyl groups is 1. The minimum atomic E-state index is 0.0412. The van der Waals surface area contributed by atoms with Crippen molar-refractivity contribution in [3.8, 4) is 0 Å². The second-order valence-electron chi connectivity index (χ2n) is 6.46. The summed E-state index contributed by atoms with van der Waals surface area (Å²) in [5, 5.41) is 11.9. The van der Waals surface area contributed by atoms with Gasteiger partial charge < -0.3 is 10.0 Å². The van der Waals surface area contributed by atoms with Crippen LogP contribution in [0, 0.1) is 0 Å². The zero-order valence-corrected chi connectivity index (χ0v) is 16.5. The molecule has 1 fully saturated rings. The molecule has 0 spiro atoms. The zero-order chi connectivity index (χ0) is 18.1. The first kappa shape index (κ1) is 18.0. The monoisotopic (exact) mass is 407 g/mol. The maximum Gasteiger partial charge on any atom is 0.186 e. The van der Waals surface area contributed by atoms with E-state index in [1.54, 1.807) is 11.3 Å². The van der Waals surface area contributed by atoms with Gasteiger partial charge in [-0.15, -0.1) is 0 Å². The lowest BCUT2D eigenvalue weighted by atomic mass is 10.1. The molecule has 0 atom stereocenters. The number of benzene rings is 2. The molecular formula is C19H19Cl2N3OS. The largest absolute Gasteiger partial charge is 0.392 e. The second kappa shape index (κ2) is 7.71. The van der Waals surface area contributed by atoms with Crippen molar-refractivity contribution in [2.45, 2.75) is 13.2 Å². The van der Waals surface area contributed by atoms with Crippen LogP contribution in [0.25, 0.3) is 10.2 Å². The van der Waals surface area contributed by atoms with Crippen LogP contribution in [-0.2, 0) is 13.2 Å². The normalized spacial score (nSPS) is 15.7. The van der Waals surface area contributed by atoms with Gasteiger partial charge in [0.2, 0.25) is 0 Å². The molecule has 1 aliphatic rings. The van der Waals surface area contributed by atoms with E-state index >= 15 is 0 Å². The molecule has 0 amide bonds. The first-order valence-electron chi connectivity index (χ1n) is 8.54. The summed E-state index contributed by atoms with van der Waals surface area (Å²) in [6.45, 7) is 4.62. The van der Waals surface area contributed by atoms with E-state index in [-0.39, 0.29) is 6.61 Å². The van der Waals surface area contributed by atoms with Crippen LogP contribution in [0.2, 0.25) is 10.0 Å². The Balaban J connectivity index is 1.42. The van der Waals surface area contributed by atoms with Crippen LogP contribution in [-0.4, -0.2) is 41.2 Å². The Morgan fingerprint density at radius 1 is 1.04 bits per heavy atom. The van der Waals surface area contributed by atoms with Gasteiger partial charge in [0.1, 0.15) is 0 Å². The number of halogens is 2. The van der Waals surface area contributed by atoms with Crippen molar-refractivity contribution in [1.82, 2.24) is 9.88 Å². The number of anilines is 1. The summed E-state index contributed by atoms with van der Waals surface area (Å²) in [7, 11) is 0. The fourth-order valence-electron chi connectivity index (χ4n) is 3.21. The second-order valence-corrected chi connectivity index (χ2v) is 8.31. The number of aromatic nitrogens is 1. The van der Waals surface area contributed by atoms with Gasteiger partial charge in [-0.25, -0.2) is 4.98 Å². The molecule has 1 N–H and O–H groups in total. The molecule has 0 aliphatic carbocycles. The highest BCUT2D eigenvalue weighted by Gasteiger charge is 2.20. The summed E-state index contributed by atoms with van der Waals surface area (Å²) in [6, 6.07) is 11.6. The Bertz CT molecular complexity index is 922. The van der Waals surface area contributed by atoms with Crippen molar-refractivity contribution in [3.05, 3.63) is 57.6 Å². The number of thiazole rings is 1. The Hall–Kier alpha value is -1.37. The highest BCUT2D eigenvalue weighted by atomic mass is 35.5. The molecule has 1 saturated heterocycles. The van der Waals surface area contributed by atoms with E-state index in [9.17, 15) is 5.11 Å². The van der Waals surface area contributed by atoms with Crippen LogP contribution in [0.4, 0.5) is 5.13 Å². The van der Waals surface area contributed by atoms with Crippen LogP contribution in [0.5, 0.6) is 0 Å². The molecule has 0 unspecified atom stereocenters. The lowest BCUT2D eigenvalue weighted by Gasteiger charge is -2.34. The van der Waals surface area contributed by atoms with E-state index in [4.69, 9.17) is 28.2 Å². The zero-order valence-electron chi connectivity index (χ0n) is 14.2. The quantitative estimate of drug-likeness (QED) is 0.694. The topological polar surface area (TPSA) is 39.6 Å². The fraction of sp³-hybridized carbons (Fsp3) is 0.316. The smallest absolute Gasteiger partial charge is 0.186 e. The van der Waals surface area contributed by atoms with Crippen molar-refractivity contribution in [2.75, 3.05) is 31.1 Å². The van der Waals surface area contributed by atoms with Gasteiger partial charge in [-0.3, -0.25) is 4.90 Å². The average Bonchev–Trinajstić information content (AvgIpc) is 3.07. The molecule has 4 nitrogen and oxygen atoms in total. The summed E-state index contributed by atoms with van der Waals surface area (Å²) >= 11 is 14.1. The number of aliphatic hydroxyl groups excluding tert-OH is 1. The van der Waals surface area contributed by atoms with Crippen LogP contribution in [0.3, 0.4) is 0 Å². The summed E-state index contributed by atoms with van der Waals surface area (Å²) in [5.74, 6) is 0. The number of hydrogen-bond donors (Lipinski definition) is 1. The SMILES string of the molecule is OCc1ccc(Cl)c(CN2CCN(c3nc4ccc(Cl)cc4s3)CC2)c1. The predicted octanol–water partition coefficient (Wildman–Crippen LogP) is 4.42. The van der Waals surface area contributed by atoms with Crippen molar-refractivity contribution in [2.24, 2.45) is 0 Å². The number of hydrogen-bond acceptors (Lipinski definition) is 5. The highest BCUT2D eigenvalue weighted by molar-refractivity contribution is 7.22. The van der Waals surface area contributed by atoms with E-state index in [1.807, 2.05) is 36.4 Å². The van der Waals surface area contributed by atoms with Gasteiger partial charge in [0, 0.05) is 42.8 Å². The summed E-state index contributed by atoms with van der Waals surface area (Å²) < 4.78 is 1.13. The number of fused-ring (bicyclic) bond motifs is 1. The minimum absolute atomic E-state index is 0.0412. The Labute approximate surface area is 166 Å². The van der Waals surface area contributed by atoms with Crippen molar-refractivity contribution >= 4 is 49.9 Å². The molecule has 4 rings (SSSR count). The van der Waals surface area contributed by atoms with Crippen LogP contribution < -0.4 is 4.90 Å². The maximum atomic E-state index is 9.32. The standard InChI is InChI=1S/C19H19Cl2N3OS/c20-15-2-4-17-18(10-15)26-19(22-17)24-7-5-23(6-8-24)11-14-9-13(12-25)1-3-16(14)21/h1-4,9-10,25H,5-8,11-12H2. The van der Waals surface area contributed by atoms with Crippen molar-refractivity contribution in [1.29, 1.82) is 0 Å². The third-order valence-electron chi connectivity index (χ3n) is 4.67. The molecule has 26 heavy (non-hydrogen) atoms. The van der Waals surface area contributed by atoms with E-state index < -0.39 is 0 Å². The predicted molar refractivity (Wildman–Crippen MR) is 109 cm³/mol. The molecule has 1 aromatic heterocycles. The first-order chi connectivity index (χ1) is 12.6. The Kier molecular flexibility index (Phi) is 5.34. The van der Waals surface area contributed by atoms with E-state index in [0.717, 1.165) is 69.2 Å². The van der Waals surface area contributed by atoms with Gasteiger partial charge in [0.25, 0.3) is 0 Å². The maximum absolute atomic E-state index is 9.32. The first-order valence-corrected chi connectivity index (χ1v) is 10.1. The van der Waals surface area contributed by atoms with Crippen LogP contribution >= 0.6 is 34.5 Å². The molecule has 1 aliphatic heterocycles. The third-order valence-corrected chi connectivity index (χ3v) is 6.35. The molecule has 0 radical (unpaired) electrons. The van der Waals surface area contributed by atoms with Crippen LogP contribution in [0.1, 0.15) is 11.1 Å². The molecule has 7 heteroatoms. The Morgan fingerprint density at radius 3 is 2.62 bits per heavy atom. The molecule has 3 aromatic rings. The van der Waals surface area contributed by atoms with E-state index in [0.29, 0.717) is 0 Å². The average molecular weight is 408 g/mol. The number of piperazine rings is 1. The molecule has 0 saturated carbocycles. The molecule has 136 valence electrons. The number of rotatable bonds is 4. The highest BCUT2D eigenvalue weighted by Crippen LogP contribution is 2.31. The van der Waals surface area contributed by atoms with E-state index in [1.165, 1.54) is 0 Å². The van der Waals surface area contributed by atoms with Gasteiger partial charge in [-0.2, -0.15) is 0 Å². The molecule has 0 bridgehead atoms. The Morgan fingerprint density at radius 2 is 1.85 bits per heavy atom. The molecule has 2 heterocycles. The number of nitrogens with zero attached hydrogens (tertiary/aromatic N) is 3. The third kappa shape index (κ3) is 3.82. The van der Waals surface area contributed by atoms with Crippen LogP contribution in [0.15, 0.2) is 36.4 Å².